The molecule has 0 amide bonds. The van der Waals surface area contributed by atoms with Crippen molar-refractivity contribution < 1.29 is 18.7 Å². The Morgan fingerprint density at radius 2 is 1.95 bits per heavy atom. The molecule has 0 N–H and O–H groups in total. The molecule has 0 fully saturated rings. The minimum absolute atomic E-state index is 0.270. The molecule has 0 radical (unpaired) electrons. The molecule has 0 aliphatic heterocycles. The smallest absolute Gasteiger partial charge is 0.331 e. The van der Waals surface area contributed by atoms with E-state index in [1.165, 1.54) is 30.4 Å². The predicted octanol–water partition coefficient (Wildman–Crippen LogP) is 4.63. The Bertz CT molecular complexity index is 737. The number of Topliss-reactive ketones (excluding diaryl/α,β-unsaturated/α-hetero) is 1. The van der Waals surface area contributed by atoms with Crippen LogP contribution in [0.3, 0.4) is 0 Å². The molecule has 22 heavy (non-hydrogen) atoms. The van der Waals surface area contributed by atoms with Crippen LogP contribution in [-0.4, -0.2) is 18.4 Å². The molecule has 0 saturated carbocycles. The number of esters is 1. The summed E-state index contributed by atoms with van der Waals surface area (Å²) in [5.41, 5.74) is 0.326. The lowest BCUT2D eigenvalue weighted by molar-refractivity contribution is -0.136. The molecule has 0 unspecified atom stereocenters. The first-order valence-electron chi connectivity index (χ1n) is 6.04. The Morgan fingerprint density at radius 3 is 2.59 bits per heavy atom. The van der Waals surface area contributed by atoms with Crippen LogP contribution in [0.4, 0.5) is 0 Å². The first-order chi connectivity index (χ1) is 10.5. The first kappa shape index (κ1) is 17.1. The van der Waals surface area contributed by atoms with Crippen molar-refractivity contribution in [3.63, 3.8) is 0 Å². The second kappa shape index (κ2) is 7.80. The Balaban J connectivity index is 1.89. The topological polar surface area (TPSA) is 56.5 Å². The van der Waals surface area contributed by atoms with Gasteiger partial charge >= 0.3 is 5.97 Å². The highest BCUT2D eigenvalue weighted by Gasteiger charge is 2.10. The molecule has 2 rings (SSSR count). The van der Waals surface area contributed by atoms with Crippen molar-refractivity contribution in [1.29, 1.82) is 0 Å². The molecule has 0 aliphatic carbocycles. The van der Waals surface area contributed by atoms with E-state index in [1.54, 1.807) is 12.1 Å². The lowest BCUT2D eigenvalue weighted by Crippen LogP contribution is -2.12. The fourth-order valence-electron chi connectivity index (χ4n) is 1.51. The normalized spacial score (nSPS) is 10.9. The van der Waals surface area contributed by atoms with Crippen molar-refractivity contribution in [2.24, 2.45) is 0 Å². The van der Waals surface area contributed by atoms with Gasteiger partial charge in [-0.05, 0) is 59.0 Å². The van der Waals surface area contributed by atoms with Gasteiger partial charge in [0, 0.05) is 11.6 Å². The zero-order valence-electron chi connectivity index (χ0n) is 11.0. The first-order valence-corrected chi connectivity index (χ1v) is 7.87. The van der Waals surface area contributed by atoms with Crippen LogP contribution in [0.1, 0.15) is 16.1 Å². The van der Waals surface area contributed by atoms with Gasteiger partial charge in [-0.15, -0.1) is 0 Å². The van der Waals surface area contributed by atoms with E-state index in [4.69, 9.17) is 32.4 Å². The Hall–Kier alpha value is -1.31. The van der Waals surface area contributed by atoms with E-state index in [2.05, 4.69) is 0 Å². The summed E-state index contributed by atoms with van der Waals surface area (Å²) in [6.45, 7) is -0.378. The SMILES string of the molecule is O=C(C=Cc1ccc(I)o1)OCC(=O)c1ccc(Cl)c(Cl)c1. The molecule has 0 bridgehead atoms. The number of carbonyl (C=O) groups is 2. The number of ketones is 1. The van der Waals surface area contributed by atoms with Crippen molar-refractivity contribution in [2.45, 2.75) is 0 Å². The van der Waals surface area contributed by atoms with Crippen LogP contribution in [0.5, 0.6) is 0 Å². The monoisotopic (exact) mass is 450 g/mol. The minimum atomic E-state index is -0.639. The predicted molar refractivity (Wildman–Crippen MR) is 92.2 cm³/mol. The summed E-state index contributed by atoms with van der Waals surface area (Å²) in [6.07, 6.45) is 2.66. The molecule has 0 saturated heterocycles. The lowest BCUT2D eigenvalue weighted by atomic mass is 10.1. The molecular weight excluding hydrogens is 442 g/mol. The maximum atomic E-state index is 11.9. The Morgan fingerprint density at radius 1 is 1.18 bits per heavy atom. The third-order valence-corrected chi connectivity index (χ3v) is 3.88. The third kappa shape index (κ3) is 4.86. The number of hydrogen-bond donors (Lipinski definition) is 0. The summed E-state index contributed by atoms with van der Waals surface area (Å²) >= 11 is 13.6. The van der Waals surface area contributed by atoms with E-state index >= 15 is 0 Å². The number of hydrogen-bond acceptors (Lipinski definition) is 4. The lowest BCUT2D eigenvalue weighted by Gasteiger charge is -2.03. The van der Waals surface area contributed by atoms with Crippen molar-refractivity contribution in [3.8, 4) is 0 Å². The fraction of sp³-hybridized carbons (Fsp3) is 0.0667. The molecular formula is C15H9Cl2IO4. The summed E-state index contributed by atoms with van der Waals surface area (Å²) in [5, 5.41) is 0.623. The van der Waals surface area contributed by atoms with E-state index in [0.717, 1.165) is 0 Å². The molecule has 0 aliphatic rings. The number of benzene rings is 1. The number of rotatable bonds is 5. The Labute approximate surface area is 150 Å². The third-order valence-electron chi connectivity index (χ3n) is 2.56. The van der Waals surface area contributed by atoms with Crippen LogP contribution in [-0.2, 0) is 9.53 Å². The molecule has 0 atom stereocenters. The van der Waals surface area contributed by atoms with Gasteiger partial charge in [0.1, 0.15) is 5.76 Å². The molecule has 114 valence electrons. The van der Waals surface area contributed by atoms with Gasteiger partial charge in [-0.1, -0.05) is 23.2 Å². The van der Waals surface area contributed by atoms with Crippen molar-refractivity contribution in [3.05, 3.63) is 61.5 Å². The standard InChI is InChI=1S/C15H9Cl2IO4/c16-11-4-1-9(7-12(11)17)13(19)8-21-15(20)6-3-10-2-5-14(18)22-10/h1-7H,8H2. The summed E-state index contributed by atoms with van der Waals surface area (Å²) < 4.78 is 10.8. The van der Waals surface area contributed by atoms with Crippen LogP contribution in [0.25, 0.3) is 6.08 Å². The second-order valence-corrected chi connectivity index (χ2v) is 6.01. The zero-order valence-corrected chi connectivity index (χ0v) is 14.7. The van der Waals surface area contributed by atoms with Gasteiger partial charge in [0.25, 0.3) is 0 Å². The number of ether oxygens (including phenoxy) is 1. The maximum Gasteiger partial charge on any atom is 0.331 e. The van der Waals surface area contributed by atoms with Crippen LogP contribution >= 0.6 is 45.8 Å². The van der Waals surface area contributed by atoms with Crippen LogP contribution in [0.2, 0.25) is 10.0 Å². The maximum absolute atomic E-state index is 11.9. The second-order valence-electron chi connectivity index (χ2n) is 4.13. The average Bonchev–Trinajstić information content (AvgIpc) is 2.91. The molecule has 1 aromatic carbocycles. The largest absolute Gasteiger partial charge is 0.454 e. The van der Waals surface area contributed by atoms with E-state index in [0.29, 0.717) is 20.1 Å². The van der Waals surface area contributed by atoms with Gasteiger partial charge in [0.05, 0.1) is 10.0 Å². The molecule has 4 nitrogen and oxygen atoms in total. The van der Waals surface area contributed by atoms with E-state index in [-0.39, 0.29) is 17.4 Å². The molecule has 7 heteroatoms. The fourth-order valence-corrected chi connectivity index (χ4v) is 2.24. The molecule has 1 aromatic heterocycles. The highest BCUT2D eigenvalue weighted by molar-refractivity contribution is 14.1. The molecule has 1 heterocycles. The summed E-state index contributed by atoms with van der Waals surface area (Å²) in [5.74, 6) is -0.482. The number of furan rings is 1. The van der Waals surface area contributed by atoms with E-state index in [1.807, 2.05) is 22.6 Å². The van der Waals surface area contributed by atoms with Gasteiger partial charge in [0.2, 0.25) is 0 Å². The van der Waals surface area contributed by atoms with Gasteiger partial charge < -0.3 is 9.15 Å². The van der Waals surface area contributed by atoms with E-state index in [9.17, 15) is 9.59 Å². The van der Waals surface area contributed by atoms with Gasteiger partial charge in [-0.2, -0.15) is 0 Å². The Kier molecular flexibility index (Phi) is 6.05. The van der Waals surface area contributed by atoms with Crippen molar-refractivity contribution >= 4 is 63.6 Å². The summed E-state index contributed by atoms with van der Waals surface area (Å²) in [4.78, 5) is 23.4. The van der Waals surface area contributed by atoms with Crippen LogP contribution < -0.4 is 0 Å². The number of carbonyl (C=O) groups excluding carboxylic acids is 2. The van der Waals surface area contributed by atoms with E-state index < -0.39 is 5.97 Å². The van der Waals surface area contributed by atoms with Crippen LogP contribution in [0, 0.1) is 3.77 Å². The summed E-state index contributed by atoms with van der Waals surface area (Å²) in [7, 11) is 0. The quantitative estimate of drug-likeness (QED) is 0.288. The van der Waals surface area contributed by atoms with Crippen molar-refractivity contribution in [1.82, 2.24) is 0 Å². The highest BCUT2D eigenvalue weighted by atomic mass is 127. The highest BCUT2D eigenvalue weighted by Crippen LogP contribution is 2.22. The van der Waals surface area contributed by atoms with Crippen molar-refractivity contribution in [2.75, 3.05) is 6.61 Å². The molecule has 0 spiro atoms. The van der Waals surface area contributed by atoms with Gasteiger partial charge in [0.15, 0.2) is 16.2 Å². The average molecular weight is 451 g/mol. The number of halogens is 3. The summed E-state index contributed by atoms with van der Waals surface area (Å²) in [6, 6.07) is 7.94. The molecule has 2 aromatic rings. The van der Waals surface area contributed by atoms with Gasteiger partial charge in [-0.25, -0.2) is 4.79 Å². The van der Waals surface area contributed by atoms with Crippen LogP contribution in [0.15, 0.2) is 40.8 Å². The minimum Gasteiger partial charge on any atom is -0.454 e. The van der Waals surface area contributed by atoms with Gasteiger partial charge in [-0.3, -0.25) is 4.79 Å². The zero-order chi connectivity index (χ0) is 16.1.